The normalized spacial score (nSPS) is 15.9. The van der Waals surface area contributed by atoms with Crippen LogP contribution in [0.25, 0.3) is 0 Å². The number of ether oxygens (including phenoxy) is 2. The molecule has 0 aliphatic rings. The average molecular weight is 269 g/mol. The molecule has 1 N–H and O–H groups in total. The molecule has 4 heteroatoms. The Morgan fingerprint density at radius 1 is 1.37 bits per heavy atom. The van der Waals surface area contributed by atoms with Crippen LogP contribution in [-0.4, -0.2) is 32.9 Å². The first-order valence-electron chi connectivity index (χ1n) is 6.56. The molecule has 1 aromatic rings. The minimum atomic E-state index is -0.329. The number of rotatable bonds is 7. The summed E-state index contributed by atoms with van der Waals surface area (Å²) in [6.45, 7) is 4.10. The van der Waals surface area contributed by atoms with Crippen LogP contribution in [0, 0.1) is 5.82 Å². The van der Waals surface area contributed by atoms with Crippen molar-refractivity contribution in [1.82, 2.24) is 5.32 Å². The third-order valence-corrected chi connectivity index (χ3v) is 3.94. The zero-order chi connectivity index (χ0) is 14.5. The highest BCUT2D eigenvalue weighted by atomic mass is 19.1. The molecule has 0 aliphatic heterocycles. The average Bonchev–Trinajstić information content (AvgIpc) is 2.45. The fourth-order valence-electron chi connectivity index (χ4n) is 2.25. The molecule has 0 saturated heterocycles. The highest BCUT2D eigenvalue weighted by Crippen LogP contribution is 2.26. The molecule has 0 bridgehead atoms. The Hall–Kier alpha value is -1.13. The minimum Gasteiger partial charge on any atom is -0.494 e. The van der Waals surface area contributed by atoms with E-state index in [1.54, 1.807) is 25.3 Å². The van der Waals surface area contributed by atoms with Gasteiger partial charge in [0.25, 0.3) is 0 Å². The lowest BCUT2D eigenvalue weighted by Crippen LogP contribution is -2.49. The van der Waals surface area contributed by atoms with Crippen molar-refractivity contribution in [2.45, 2.75) is 38.3 Å². The Morgan fingerprint density at radius 3 is 2.53 bits per heavy atom. The van der Waals surface area contributed by atoms with Gasteiger partial charge < -0.3 is 14.8 Å². The quantitative estimate of drug-likeness (QED) is 0.825. The van der Waals surface area contributed by atoms with Crippen molar-refractivity contribution < 1.29 is 13.9 Å². The van der Waals surface area contributed by atoms with Crippen molar-refractivity contribution in [2.75, 3.05) is 21.3 Å². The Kier molecular flexibility index (Phi) is 5.76. The molecule has 2 unspecified atom stereocenters. The van der Waals surface area contributed by atoms with Crippen LogP contribution in [-0.2, 0) is 11.2 Å². The largest absolute Gasteiger partial charge is 0.494 e. The summed E-state index contributed by atoms with van der Waals surface area (Å²) < 4.78 is 24.8. The van der Waals surface area contributed by atoms with Gasteiger partial charge in [0.1, 0.15) is 0 Å². The van der Waals surface area contributed by atoms with Gasteiger partial charge in [-0.2, -0.15) is 0 Å². The highest BCUT2D eigenvalue weighted by Gasteiger charge is 2.32. The molecule has 0 radical (unpaired) electrons. The Labute approximate surface area is 115 Å². The molecule has 0 saturated carbocycles. The van der Waals surface area contributed by atoms with E-state index in [4.69, 9.17) is 9.47 Å². The maximum absolute atomic E-state index is 14.2. The minimum absolute atomic E-state index is 0.0316. The molecule has 0 aliphatic carbocycles. The number of methoxy groups -OCH3 is 2. The SMILES string of the molecule is CCC(C)(OC)C(Cc1cccc(OC)c1F)NC. The summed E-state index contributed by atoms with van der Waals surface area (Å²) in [5.41, 5.74) is 0.306. The zero-order valence-electron chi connectivity index (χ0n) is 12.4. The van der Waals surface area contributed by atoms with E-state index in [-0.39, 0.29) is 23.2 Å². The van der Waals surface area contributed by atoms with Gasteiger partial charge in [0.2, 0.25) is 0 Å². The van der Waals surface area contributed by atoms with Crippen molar-refractivity contribution >= 4 is 0 Å². The maximum Gasteiger partial charge on any atom is 0.168 e. The van der Waals surface area contributed by atoms with E-state index < -0.39 is 0 Å². The summed E-state index contributed by atoms with van der Waals surface area (Å²) in [4.78, 5) is 0. The molecular weight excluding hydrogens is 245 g/mol. The second-order valence-electron chi connectivity index (χ2n) is 4.85. The monoisotopic (exact) mass is 269 g/mol. The summed E-state index contributed by atoms with van der Waals surface area (Å²) in [5.74, 6) is -0.0113. The fourth-order valence-corrected chi connectivity index (χ4v) is 2.25. The van der Waals surface area contributed by atoms with Crippen LogP contribution in [0.15, 0.2) is 18.2 Å². The summed E-state index contributed by atoms with van der Waals surface area (Å²) in [6, 6.07) is 5.25. The molecule has 3 nitrogen and oxygen atoms in total. The molecule has 2 atom stereocenters. The van der Waals surface area contributed by atoms with Crippen LogP contribution in [0.1, 0.15) is 25.8 Å². The second-order valence-corrected chi connectivity index (χ2v) is 4.85. The van der Waals surface area contributed by atoms with Crippen LogP contribution in [0.4, 0.5) is 4.39 Å². The molecule has 0 aromatic heterocycles. The molecule has 19 heavy (non-hydrogen) atoms. The Balaban J connectivity index is 2.99. The number of benzene rings is 1. The number of likely N-dealkylation sites (N-methyl/N-ethyl adjacent to an activating group) is 1. The van der Waals surface area contributed by atoms with Gasteiger partial charge >= 0.3 is 0 Å². The number of halogens is 1. The molecule has 108 valence electrons. The van der Waals surface area contributed by atoms with E-state index in [1.807, 2.05) is 14.0 Å². The molecule has 0 amide bonds. The maximum atomic E-state index is 14.2. The van der Waals surface area contributed by atoms with Crippen molar-refractivity contribution in [3.05, 3.63) is 29.6 Å². The lowest BCUT2D eigenvalue weighted by Gasteiger charge is -2.36. The van der Waals surface area contributed by atoms with Crippen molar-refractivity contribution in [1.29, 1.82) is 0 Å². The predicted octanol–water partition coefficient (Wildman–Crippen LogP) is 2.78. The molecular formula is C15H24FNO2. The molecule has 1 aromatic carbocycles. The van der Waals surface area contributed by atoms with Crippen LogP contribution in [0.3, 0.4) is 0 Å². The first kappa shape index (κ1) is 15.9. The predicted molar refractivity (Wildman–Crippen MR) is 75.2 cm³/mol. The first-order chi connectivity index (χ1) is 9.02. The van der Waals surface area contributed by atoms with Crippen LogP contribution >= 0.6 is 0 Å². The van der Waals surface area contributed by atoms with Gasteiger partial charge in [-0.05, 0) is 38.4 Å². The van der Waals surface area contributed by atoms with Crippen LogP contribution in [0.5, 0.6) is 5.75 Å². The van der Waals surface area contributed by atoms with Crippen molar-refractivity contribution in [2.24, 2.45) is 0 Å². The van der Waals surface area contributed by atoms with Crippen molar-refractivity contribution in [3.8, 4) is 5.75 Å². The highest BCUT2D eigenvalue weighted by molar-refractivity contribution is 5.31. The molecule has 1 rings (SSSR count). The zero-order valence-corrected chi connectivity index (χ0v) is 12.4. The lowest BCUT2D eigenvalue weighted by molar-refractivity contribution is -0.0270. The summed E-state index contributed by atoms with van der Waals surface area (Å²) in [7, 11) is 5.04. The molecule has 0 spiro atoms. The van der Waals surface area contributed by atoms with E-state index in [0.29, 0.717) is 12.0 Å². The number of hydrogen-bond donors (Lipinski definition) is 1. The Morgan fingerprint density at radius 2 is 2.05 bits per heavy atom. The van der Waals surface area contributed by atoms with Gasteiger partial charge in [0, 0.05) is 13.2 Å². The van der Waals surface area contributed by atoms with Crippen LogP contribution < -0.4 is 10.1 Å². The van der Waals surface area contributed by atoms with E-state index in [2.05, 4.69) is 12.2 Å². The van der Waals surface area contributed by atoms with E-state index in [9.17, 15) is 4.39 Å². The fraction of sp³-hybridized carbons (Fsp3) is 0.600. The van der Waals surface area contributed by atoms with Gasteiger partial charge in [-0.1, -0.05) is 19.1 Å². The van der Waals surface area contributed by atoms with Gasteiger partial charge in [0.05, 0.1) is 12.7 Å². The topological polar surface area (TPSA) is 30.5 Å². The van der Waals surface area contributed by atoms with Gasteiger partial charge in [-0.25, -0.2) is 4.39 Å². The summed E-state index contributed by atoms with van der Waals surface area (Å²) >= 11 is 0. The van der Waals surface area contributed by atoms with Gasteiger partial charge in [-0.3, -0.25) is 0 Å². The van der Waals surface area contributed by atoms with Gasteiger partial charge in [0.15, 0.2) is 11.6 Å². The summed E-state index contributed by atoms with van der Waals surface area (Å²) in [6.07, 6.45) is 1.40. The van der Waals surface area contributed by atoms with Gasteiger partial charge in [-0.15, -0.1) is 0 Å². The van der Waals surface area contributed by atoms with Crippen LogP contribution in [0.2, 0.25) is 0 Å². The number of nitrogens with one attached hydrogen (secondary N) is 1. The Bertz CT molecular complexity index is 405. The third-order valence-electron chi connectivity index (χ3n) is 3.94. The number of hydrogen-bond acceptors (Lipinski definition) is 3. The lowest BCUT2D eigenvalue weighted by atomic mass is 9.88. The standard InChI is InChI=1S/C15H24FNO2/c1-6-15(2,19-5)13(17-3)10-11-8-7-9-12(18-4)14(11)16/h7-9,13,17H,6,10H2,1-5H3. The van der Waals surface area contributed by atoms with E-state index in [1.165, 1.54) is 7.11 Å². The van der Waals surface area contributed by atoms with E-state index in [0.717, 1.165) is 6.42 Å². The van der Waals surface area contributed by atoms with Crippen molar-refractivity contribution in [3.63, 3.8) is 0 Å². The smallest absolute Gasteiger partial charge is 0.168 e. The first-order valence-corrected chi connectivity index (χ1v) is 6.56. The molecule has 0 heterocycles. The molecule has 0 fully saturated rings. The van der Waals surface area contributed by atoms with E-state index >= 15 is 0 Å². The summed E-state index contributed by atoms with van der Waals surface area (Å²) in [5, 5.41) is 3.23. The second kappa shape index (κ2) is 6.87. The third kappa shape index (κ3) is 3.45.